The first-order chi connectivity index (χ1) is 9.25. The van der Waals surface area contributed by atoms with E-state index >= 15 is 0 Å². The molecular weight excluding hydrogens is 236 g/mol. The molecule has 1 aromatic rings. The van der Waals surface area contributed by atoms with E-state index in [1.807, 2.05) is 0 Å². The highest BCUT2D eigenvalue weighted by Gasteiger charge is 2.20. The van der Waals surface area contributed by atoms with Crippen LogP contribution in [0.4, 0.5) is 0 Å². The van der Waals surface area contributed by atoms with Crippen molar-refractivity contribution < 1.29 is 0 Å². The maximum Gasteiger partial charge on any atom is 0.137 e. The third-order valence-electron chi connectivity index (χ3n) is 4.44. The summed E-state index contributed by atoms with van der Waals surface area (Å²) in [5, 5.41) is 10.5. The number of aromatic amines is 1. The Labute approximate surface area is 116 Å². The van der Waals surface area contributed by atoms with Crippen molar-refractivity contribution >= 4 is 0 Å². The molecule has 4 nitrogen and oxygen atoms in total. The van der Waals surface area contributed by atoms with Crippen molar-refractivity contribution in [1.29, 1.82) is 0 Å². The summed E-state index contributed by atoms with van der Waals surface area (Å²) >= 11 is 0. The molecule has 1 heterocycles. The van der Waals surface area contributed by atoms with Gasteiger partial charge >= 0.3 is 0 Å². The Morgan fingerprint density at radius 3 is 2.95 bits per heavy atom. The van der Waals surface area contributed by atoms with Crippen LogP contribution in [-0.4, -0.2) is 27.8 Å². The SMILES string of the molecule is CC(C)C1CCCC(NCCCc2ncn[nH]2)CC1. The zero-order chi connectivity index (χ0) is 13.5. The van der Waals surface area contributed by atoms with Crippen LogP contribution in [0.1, 0.15) is 58.2 Å². The second-order valence-corrected chi connectivity index (χ2v) is 6.20. The standard InChI is InChI=1S/C15H28N4/c1-12(2)13-5-3-6-14(9-8-13)16-10-4-7-15-17-11-18-19-15/h11-14,16H,3-10H2,1-2H3,(H,17,18,19). The molecule has 0 radical (unpaired) electrons. The molecule has 4 heteroatoms. The van der Waals surface area contributed by atoms with Gasteiger partial charge in [-0.05, 0) is 44.1 Å². The van der Waals surface area contributed by atoms with Crippen molar-refractivity contribution in [2.45, 2.75) is 64.8 Å². The van der Waals surface area contributed by atoms with Crippen LogP contribution >= 0.6 is 0 Å². The number of nitrogens with one attached hydrogen (secondary N) is 2. The number of aromatic nitrogens is 3. The Morgan fingerprint density at radius 2 is 2.21 bits per heavy atom. The second-order valence-electron chi connectivity index (χ2n) is 6.20. The number of hydrogen-bond acceptors (Lipinski definition) is 3. The average Bonchev–Trinajstić information content (AvgIpc) is 2.79. The Balaban J connectivity index is 1.61. The number of hydrogen-bond donors (Lipinski definition) is 2. The average molecular weight is 264 g/mol. The first-order valence-corrected chi connectivity index (χ1v) is 7.83. The van der Waals surface area contributed by atoms with Gasteiger partial charge in [0.25, 0.3) is 0 Å². The fourth-order valence-electron chi connectivity index (χ4n) is 3.11. The largest absolute Gasteiger partial charge is 0.314 e. The van der Waals surface area contributed by atoms with E-state index in [1.54, 1.807) is 6.33 Å². The van der Waals surface area contributed by atoms with Crippen molar-refractivity contribution in [3.63, 3.8) is 0 Å². The van der Waals surface area contributed by atoms with E-state index in [2.05, 4.69) is 34.3 Å². The molecule has 0 bridgehead atoms. The van der Waals surface area contributed by atoms with Crippen molar-refractivity contribution in [2.24, 2.45) is 11.8 Å². The van der Waals surface area contributed by atoms with Crippen LogP contribution in [0.25, 0.3) is 0 Å². The summed E-state index contributed by atoms with van der Waals surface area (Å²) in [5.41, 5.74) is 0. The lowest BCUT2D eigenvalue weighted by Gasteiger charge is -2.19. The monoisotopic (exact) mass is 264 g/mol. The van der Waals surface area contributed by atoms with Crippen molar-refractivity contribution in [1.82, 2.24) is 20.5 Å². The quantitative estimate of drug-likeness (QED) is 0.613. The molecule has 2 N–H and O–H groups in total. The molecule has 2 rings (SSSR count). The van der Waals surface area contributed by atoms with Gasteiger partial charge in [-0.15, -0.1) is 0 Å². The van der Waals surface area contributed by atoms with Gasteiger partial charge in [-0.25, -0.2) is 4.98 Å². The highest BCUT2D eigenvalue weighted by atomic mass is 15.2. The van der Waals surface area contributed by atoms with Crippen LogP contribution in [0.3, 0.4) is 0 Å². The van der Waals surface area contributed by atoms with E-state index in [0.29, 0.717) is 0 Å². The van der Waals surface area contributed by atoms with Gasteiger partial charge in [0, 0.05) is 12.5 Å². The van der Waals surface area contributed by atoms with Crippen molar-refractivity contribution in [3.8, 4) is 0 Å². The van der Waals surface area contributed by atoms with Crippen LogP contribution in [0.5, 0.6) is 0 Å². The molecule has 1 aliphatic carbocycles. The summed E-state index contributed by atoms with van der Waals surface area (Å²) in [6.45, 7) is 5.84. The van der Waals surface area contributed by atoms with E-state index in [1.165, 1.54) is 32.1 Å². The van der Waals surface area contributed by atoms with E-state index in [0.717, 1.165) is 43.1 Å². The molecule has 0 saturated heterocycles. The van der Waals surface area contributed by atoms with Gasteiger partial charge in [-0.1, -0.05) is 26.7 Å². The molecule has 2 unspecified atom stereocenters. The van der Waals surface area contributed by atoms with Gasteiger partial charge in [0.1, 0.15) is 12.2 Å². The molecular formula is C15H28N4. The van der Waals surface area contributed by atoms with Gasteiger partial charge in [0.2, 0.25) is 0 Å². The second kappa shape index (κ2) is 7.63. The first kappa shape index (κ1) is 14.5. The third-order valence-corrected chi connectivity index (χ3v) is 4.44. The van der Waals surface area contributed by atoms with E-state index in [-0.39, 0.29) is 0 Å². The predicted molar refractivity (Wildman–Crippen MR) is 77.9 cm³/mol. The topological polar surface area (TPSA) is 53.6 Å². The number of nitrogens with zero attached hydrogens (tertiary/aromatic N) is 2. The Kier molecular flexibility index (Phi) is 5.83. The molecule has 1 fully saturated rings. The summed E-state index contributed by atoms with van der Waals surface area (Å²) in [4.78, 5) is 4.15. The first-order valence-electron chi connectivity index (χ1n) is 7.83. The van der Waals surface area contributed by atoms with E-state index in [4.69, 9.17) is 0 Å². The highest BCUT2D eigenvalue weighted by molar-refractivity contribution is 4.81. The maximum absolute atomic E-state index is 4.15. The predicted octanol–water partition coefficient (Wildman–Crippen LogP) is 2.93. The minimum atomic E-state index is 0.735. The zero-order valence-corrected chi connectivity index (χ0v) is 12.4. The number of aryl methyl sites for hydroxylation is 1. The summed E-state index contributed by atoms with van der Waals surface area (Å²) < 4.78 is 0. The molecule has 0 spiro atoms. The number of H-pyrrole nitrogens is 1. The van der Waals surface area contributed by atoms with Gasteiger partial charge in [0.05, 0.1) is 0 Å². The minimum absolute atomic E-state index is 0.735. The molecule has 2 atom stereocenters. The van der Waals surface area contributed by atoms with Crippen LogP contribution in [0.15, 0.2) is 6.33 Å². The Bertz CT molecular complexity index is 334. The van der Waals surface area contributed by atoms with Gasteiger partial charge in [-0.3, -0.25) is 5.10 Å². The maximum atomic E-state index is 4.15. The van der Waals surface area contributed by atoms with Crippen LogP contribution in [0.2, 0.25) is 0 Å². The van der Waals surface area contributed by atoms with E-state index in [9.17, 15) is 0 Å². The van der Waals surface area contributed by atoms with Crippen LogP contribution in [-0.2, 0) is 6.42 Å². The summed E-state index contributed by atoms with van der Waals surface area (Å²) in [5.74, 6) is 2.80. The lowest BCUT2D eigenvalue weighted by atomic mass is 9.89. The van der Waals surface area contributed by atoms with Gasteiger partial charge in [0.15, 0.2) is 0 Å². The molecule has 0 amide bonds. The van der Waals surface area contributed by atoms with Crippen molar-refractivity contribution in [3.05, 3.63) is 12.2 Å². The highest BCUT2D eigenvalue weighted by Crippen LogP contribution is 2.28. The zero-order valence-electron chi connectivity index (χ0n) is 12.4. The fraction of sp³-hybridized carbons (Fsp3) is 0.867. The van der Waals surface area contributed by atoms with Gasteiger partial charge < -0.3 is 5.32 Å². The number of rotatable bonds is 6. The Hall–Kier alpha value is -0.900. The molecule has 0 aliphatic heterocycles. The minimum Gasteiger partial charge on any atom is -0.314 e. The summed E-state index contributed by atoms with van der Waals surface area (Å²) in [6, 6.07) is 0.735. The Morgan fingerprint density at radius 1 is 1.32 bits per heavy atom. The lowest BCUT2D eigenvalue weighted by Crippen LogP contribution is -2.29. The van der Waals surface area contributed by atoms with Gasteiger partial charge in [-0.2, -0.15) is 5.10 Å². The molecule has 19 heavy (non-hydrogen) atoms. The molecule has 1 saturated carbocycles. The normalized spacial score (nSPS) is 24.6. The third kappa shape index (κ3) is 4.94. The summed E-state index contributed by atoms with van der Waals surface area (Å²) in [7, 11) is 0. The summed E-state index contributed by atoms with van der Waals surface area (Å²) in [6.07, 6.45) is 10.6. The van der Waals surface area contributed by atoms with Crippen molar-refractivity contribution in [2.75, 3.05) is 6.54 Å². The van der Waals surface area contributed by atoms with Crippen LogP contribution in [0, 0.1) is 11.8 Å². The molecule has 108 valence electrons. The smallest absolute Gasteiger partial charge is 0.137 e. The molecule has 1 aromatic heterocycles. The van der Waals surface area contributed by atoms with E-state index < -0.39 is 0 Å². The molecule has 1 aliphatic rings. The van der Waals surface area contributed by atoms with Crippen LogP contribution < -0.4 is 5.32 Å². The fourth-order valence-corrected chi connectivity index (χ4v) is 3.11. The lowest BCUT2D eigenvalue weighted by molar-refractivity contribution is 0.338. The molecule has 0 aromatic carbocycles.